The number of nitrogens with zero attached hydrogens (tertiary/aromatic N) is 1. The molecule has 4 rings (SSSR count). The molecule has 4 fully saturated rings. The predicted molar refractivity (Wildman–Crippen MR) is 90.2 cm³/mol. The molecular weight excluding hydrogens is 308 g/mol. The van der Waals surface area contributed by atoms with E-state index < -0.39 is 0 Å². The Morgan fingerprint density at radius 3 is 2.96 bits per heavy atom. The molecule has 7 heteroatoms. The number of hydrogen-bond acceptors (Lipinski definition) is 7. The summed E-state index contributed by atoms with van der Waals surface area (Å²) in [4.78, 5) is 0. The van der Waals surface area contributed by atoms with Gasteiger partial charge in [0.15, 0.2) is 0 Å². The maximum absolute atomic E-state index is 6.18. The van der Waals surface area contributed by atoms with Gasteiger partial charge in [-0.2, -0.15) is 0 Å². The molecule has 0 aromatic heterocycles. The predicted octanol–water partition coefficient (Wildman–Crippen LogP) is -0.112. The van der Waals surface area contributed by atoms with Crippen molar-refractivity contribution in [1.82, 2.24) is 21.3 Å². The van der Waals surface area contributed by atoms with E-state index in [-0.39, 0.29) is 6.10 Å². The molecule has 0 spiro atoms. The maximum atomic E-state index is 6.18. The third kappa shape index (κ3) is 3.93. The summed E-state index contributed by atoms with van der Waals surface area (Å²) < 4.78 is 17.7. The third-order valence-corrected chi connectivity index (χ3v) is 5.99. The summed E-state index contributed by atoms with van der Waals surface area (Å²) in [5.74, 6) is 1.30. The van der Waals surface area contributed by atoms with Crippen molar-refractivity contribution in [3.63, 3.8) is 0 Å². The molecule has 3 heterocycles. The van der Waals surface area contributed by atoms with E-state index in [0.29, 0.717) is 49.8 Å². The molecule has 6 unspecified atom stereocenters. The van der Waals surface area contributed by atoms with Crippen molar-refractivity contribution in [2.75, 3.05) is 46.1 Å². The van der Waals surface area contributed by atoms with Gasteiger partial charge >= 0.3 is 0 Å². The first-order valence-electron chi connectivity index (χ1n) is 9.60. The van der Waals surface area contributed by atoms with Crippen molar-refractivity contribution in [2.24, 2.45) is 11.8 Å². The van der Waals surface area contributed by atoms with Crippen molar-refractivity contribution >= 4 is 0 Å². The highest BCUT2D eigenvalue weighted by molar-refractivity contribution is 5.00. The zero-order chi connectivity index (χ0) is 16.4. The first-order valence-corrected chi connectivity index (χ1v) is 9.60. The van der Waals surface area contributed by atoms with Crippen molar-refractivity contribution < 1.29 is 14.2 Å². The maximum Gasteiger partial charge on any atom is 0.0781 e. The van der Waals surface area contributed by atoms with E-state index in [2.05, 4.69) is 28.2 Å². The second-order valence-corrected chi connectivity index (χ2v) is 7.72. The van der Waals surface area contributed by atoms with Crippen LogP contribution in [0.25, 0.3) is 0 Å². The SMILES string of the molecule is C[C@H]1COC2CCC3NNC(C4CNN(CCOCCO1)C4)C3C2. The Hall–Kier alpha value is -0.280. The summed E-state index contributed by atoms with van der Waals surface area (Å²) >= 11 is 0. The Labute approximate surface area is 144 Å². The Morgan fingerprint density at radius 2 is 2.00 bits per heavy atom. The van der Waals surface area contributed by atoms with Gasteiger partial charge in [0.05, 0.1) is 38.6 Å². The molecule has 138 valence electrons. The summed E-state index contributed by atoms with van der Waals surface area (Å²) in [6, 6.07) is 1.13. The standard InChI is InChI=1S/C17H32N4O3/c1-12-11-24-14-2-3-16-15(8-14)17(20-19-16)13-9-18-21(10-13)4-5-22-6-7-23-12/h12-20H,2-11H2,1H3/t12-,13?,14?,15?,16?,17?/m0/s1. The lowest BCUT2D eigenvalue weighted by molar-refractivity contribution is -0.0665. The zero-order valence-electron chi connectivity index (χ0n) is 14.7. The molecule has 0 amide bonds. The molecule has 0 radical (unpaired) electrons. The first kappa shape index (κ1) is 17.1. The number of fused-ring (bicyclic) bond motifs is 4. The van der Waals surface area contributed by atoms with Crippen LogP contribution in [0, 0.1) is 11.8 Å². The number of hydrogen-bond donors (Lipinski definition) is 3. The van der Waals surface area contributed by atoms with E-state index in [1.54, 1.807) is 0 Å². The highest BCUT2D eigenvalue weighted by Crippen LogP contribution is 2.35. The Kier molecular flexibility index (Phi) is 5.68. The van der Waals surface area contributed by atoms with Crippen LogP contribution < -0.4 is 16.3 Å². The lowest BCUT2D eigenvalue weighted by Crippen LogP contribution is -2.42. The van der Waals surface area contributed by atoms with Gasteiger partial charge in [-0.3, -0.25) is 16.3 Å². The van der Waals surface area contributed by atoms with Gasteiger partial charge in [-0.1, -0.05) is 0 Å². The molecule has 3 saturated heterocycles. The fourth-order valence-electron chi connectivity index (χ4n) is 4.64. The van der Waals surface area contributed by atoms with E-state index in [4.69, 9.17) is 14.2 Å². The molecule has 3 N–H and O–H groups in total. The highest BCUT2D eigenvalue weighted by Gasteiger charge is 2.45. The van der Waals surface area contributed by atoms with Gasteiger partial charge in [0.1, 0.15) is 0 Å². The smallest absolute Gasteiger partial charge is 0.0781 e. The van der Waals surface area contributed by atoms with E-state index in [9.17, 15) is 0 Å². The van der Waals surface area contributed by atoms with Gasteiger partial charge in [0.25, 0.3) is 0 Å². The summed E-state index contributed by atoms with van der Waals surface area (Å²) in [6.45, 7) is 7.90. The van der Waals surface area contributed by atoms with Crippen LogP contribution >= 0.6 is 0 Å². The summed E-state index contributed by atoms with van der Waals surface area (Å²) in [5.41, 5.74) is 10.7. The Morgan fingerprint density at radius 1 is 1.04 bits per heavy atom. The number of hydrazine groups is 2. The minimum Gasteiger partial charge on any atom is -0.378 e. The minimum atomic E-state index is 0.136. The van der Waals surface area contributed by atoms with E-state index >= 15 is 0 Å². The molecular formula is C17H32N4O3. The average molecular weight is 340 g/mol. The van der Waals surface area contributed by atoms with E-state index in [0.717, 1.165) is 39.1 Å². The molecule has 0 aromatic rings. The Bertz CT molecular complexity index is 413. The summed E-state index contributed by atoms with van der Waals surface area (Å²) in [6.07, 6.45) is 4.01. The molecule has 4 aliphatic rings. The van der Waals surface area contributed by atoms with Gasteiger partial charge < -0.3 is 14.2 Å². The molecule has 1 aliphatic carbocycles. The number of rotatable bonds is 0. The van der Waals surface area contributed by atoms with Gasteiger partial charge in [0.2, 0.25) is 0 Å². The normalized spacial score (nSPS) is 47.6. The lowest BCUT2D eigenvalue weighted by Gasteiger charge is -2.35. The number of nitrogens with one attached hydrogen (secondary N) is 3. The van der Waals surface area contributed by atoms with Crippen molar-refractivity contribution in [3.05, 3.63) is 0 Å². The van der Waals surface area contributed by atoms with Gasteiger partial charge in [-0.05, 0) is 32.1 Å². The fourth-order valence-corrected chi connectivity index (χ4v) is 4.64. The van der Waals surface area contributed by atoms with E-state index in [1.165, 1.54) is 6.42 Å². The molecule has 1 saturated carbocycles. The van der Waals surface area contributed by atoms with Crippen LogP contribution in [-0.2, 0) is 14.2 Å². The van der Waals surface area contributed by atoms with Crippen molar-refractivity contribution in [2.45, 2.75) is 50.5 Å². The molecule has 7 nitrogen and oxygen atoms in total. The molecule has 7 atom stereocenters. The molecule has 24 heavy (non-hydrogen) atoms. The largest absolute Gasteiger partial charge is 0.378 e. The van der Waals surface area contributed by atoms with Crippen LogP contribution in [0.3, 0.4) is 0 Å². The second-order valence-electron chi connectivity index (χ2n) is 7.72. The first-order chi connectivity index (χ1) is 11.8. The quantitative estimate of drug-likeness (QED) is 0.568. The monoisotopic (exact) mass is 340 g/mol. The van der Waals surface area contributed by atoms with Crippen molar-refractivity contribution in [1.29, 1.82) is 0 Å². The average Bonchev–Trinajstić information content (AvgIpc) is 3.21. The number of ether oxygens (including phenoxy) is 3. The minimum absolute atomic E-state index is 0.136. The highest BCUT2D eigenvalue weighted by atomic mass is 16.6. The van der Waals surface area contributed by atoms with Crippen LogP contribution in [0.5, 0.6) is 0 Å². The van der Waals surface area contributed by atoms with Gasteiger partial charge in [-0.15, -0.1) is 0 Å². The van der Waals surface area contributed by atoms with Crippen LogP contribution in [-0.4, -0.2) is 75.4 Å². The summed E-state index contributed by atoms with van der Waals surface area (Å²) in [7, 11) is 0. The van der Waals surface area contributed by atoms with Gasteiger partial charge in [-0.25, -0.2) is 5.01 Å². The van der Waals surface area contributed by atoms with Crippen LogP contribution in [0.1, 0.15) is 26.2 Å². The van der Waals surface area contributed by atoms with Gasteiger partial charge in [0, 0.05) is 37.6 Å². The lowest BCUT2D eigenvalue weighted by atomic mass is 9.76. The Balaban J connectivity index is 1.41. The van der Waals surface area contributed by atoms with Crippen LogP contribution in [0.15, 0.2) is 0 Å². The van der Waals surface area contributed by atoms with E-state index in [1.807, 2.05) is 0 Å². The van der Waals surface area contributed by atoms with Crippen LogP contribution in [0.2, 0.25) is 0 Å². The topological polar surface area (TPSA) is 67.0 Å². The molecule has 3 aliphatic heterocycles. The van der Waals surface area contributed by atoms with Crippen molar-refractivity contribution in [3.8, 4) is 0 Å². The zero-order valence-corrected chi connectivity index (χ0v) is 14.7. The van der Waals surface area contributed by atoms with Crippen LogP contribution in [0.4, 0.5) is 0 Å². The fraction of sp³-hybridized carbons (Fsp3) is 1.00. The molecule has 0 aromatic carbocycles. The summed E-state index contributed by atoms with van der Waals surface area (Å²) in [5, 5.41) is 2.31. The molecule has 4 bridgehead atoms. The second kappa shape index (κ2) is 7.95. The third-order valence-electron chi connectivity index (χ3n) is 5.99.